The summed E-state index contributed by atoms with van der Waals surface area (Å²) < 4.78 is 27.4. The van der Waals surface area contributed by atoms with Crippen molar-refractivity contribution in [2.75, 3.05) is 11.1 Å². The summed E-state index contributed by atoms with van der Waals surface area (Å²) in [7, 11) is 0. The zero-order valence-corrected chi connectivity index (χ0v) is 16.2. The van der Waals surface area contributed by atoms with E-state index in [0.717, 1.165) is 18.3 Å². The normalized spacial score (nSPS) is 11.1. The van der Waals surface area contributed by atoms with Crippen LogP contribution in [0, 0.1) is 11.3 Å². The number of hydrogen-bond acceptors (Lipinski definition) is 5. The van der Waals surface area contributed by atoms with Gasteiger partial charge in [-0.15, -0.1) is 11.3 Å². The molecule has 0 unspecified atom stereocenters. The number of halogens is 3. The third kappa shape index (κ3) is 3.84. The van der Waals surface area contributed by atoms with Gasteiger partial charge in [-0.2, -0.15) is 5.26 Å². The summed E-state index contributed by atoms with van der Waals surface area (Å²) in [5, 5.41) is 12.6. The Morgan fingerprint density at radius 3 is 2.54 bits per heavy atom. The molecule has 142 valence electrons. The van der Waals surface area contributed by atoms with Gasteiger partial charge in [0.05, 0.1) is 5.69 Å². The largest absolute Gasteiger partial charge is 0.396 e. The van der Waals surface area contributed by atoms with Crippen molar-refractivity contribution in [1.82, 2.24) is 0 Å². The zero-order valence-electron chi connectivity index (χ0n) is 14.6. The van der Waals surface area contributed by atoms with Crippen molar-refractivity contribution in [1.29, 1.82) is 5.26 Å². The Balaban J connectivity index is 2.00. The van der Waals surface area contributed by atoms with Gasteiger partial charge in [0.1, 0.15) is 21.5 Å². The van der Waals surface area contributed by atoms with Gasteiger partial charge in [-0.05, 0) is 18.2 Å². The highest BCUT2D eigenvalue weighted by molar-refractivity contribution is 7.19. The number of ketones is 1. The van der Waals surface area contributed by atoms with Crippen LogP contribution in [0.2, 0.25) is 5.02 Å². The van der Waals surface area contributed by atoms with Gasteiger partial charge >= 0.3 is 0 Å². The Morgan fingerprint density at radius 1 is 1.25 bits per heavy atom. The number of nitrogens with zero attached hydrogens (tertiary/aromatic N) is 1. The van der Waals surface area contributed by atoms with Crippen molar-refractivity contribution in [2.45, 2.75) is 12.8 Å². The van der Waals surface area contributed by atoms with Crippen LogP contribution in [0.1, 0.15) is 33.3 Å². The summed E-state index contributed by atoms with van der Waals surface area (Å²) in [6, 6.07) is 14.5. The summed E-state index contributed by atoms with van der Waals surface area (Å²) in [5.41, 5.74) is 6.55. The molecule has 0 aliphatic rings. The molecule has 8 heteroatoms. The molecule has 0 fully saturated rings. The molecule has 0 saturated heterocycles. The Kier molecular flexibility index (Phi) is 5.36. The van der Waals surface area contributed by atoms with Crippen LogP contribution >= 0.6 is 22.9 Å². The monoisotopic (exact) mass is 417 g/mol. The van der Waals surface area contributed by atoms with Gasteiger partial charge in [0.2, 0.25) is 5.78 Å². The number of carbonyl (C=O) groups excluding carboxylic acids is 1. The second-order valence-electron chi connectivity index (χ2n) is 6.06. The van der Waals surface area contributed by atoms with Crippen LogP contribution in [-0.4, -0.2) is 5.78 Å². The van der Waals surface area contributed by atoms with E-state index in [4.69, 9.17) is 17.3 Å². The predicted molar refractivity (Wildman–Crippen MR) is 108 cm³/mol. The lowest BCUT2D eigenvalue weighted by atomic mass is 10.1. The van der Waals surface area contributed by atoms with E-state index >= 15 is 0 Å². The SMILES string of the molecule is CC(F)(F)c1cc(Nc2sc(C(=O)c3ccccc3)c(N)c2C#N)ccc1Cl. The van der Waals surface area contributed by atoms with Gasteiger partial charge in [-0.3, -0.25) is 4.79 Å². The number of nitrogen functional groups attached to an aromatic ring is 1. The highest BCUT2D eigenvalue weighted by Gasteiger charge is 2.28. The first-order valence-electron chi connectivity index (χ1n) is 8.09. The van der Waals surface area contributed by atoms with E-state index in [1.807, 2.05) is 6.07 Å². The molecule has 3 N–H and O–H groups in total. The molecule has 0 bridgehead atoms. The molecular weight excluding hydrogens is 404 g/mol. The van der Waals surface area contributed by atoms with Crippen LogP contribution in [-0.2, 0) is 5.92 Å². The molecule has 0 aliphatic heterocycles. The number of nitrogens with one attached hydrogen (secondary N) is 1. The smallest absolute Gasteiger partial charge is 0.272 e. The first-order valence-corrected chi connectivity index (χ1v) is 9.28. The minimum Gasteiger partial charge on any atom is -0.396 e. The highest BCUT2D eigenvalue weighted by Crippen LogP contribution is 2.40. The molecule has 0 aliphatic carbocycles. The van der Waals surface area contributed by atoms with E-state index in [9.17, 15) is 18.8 Å². The summed E-state index contributed by atoms with van der Waals surface area (Å²) in [5.74, 6) is -3.44. The fraction of sp³-hybridized carbons (Fsp3) is 0.100. The number of thiophene rings is 1. The van der Waals surface area contributed by atoms with Gasteiger partial charge in [0.25, 0.3) is 5.92 Å². The van der Waals surface area contributed by atoms with Gasteiger partial charge in [0.15, 0.2) is 0 Å². The van der Waals surface area contributed by atoms with E-state index < -0.39 is 5.92 Å². The Labute approximate surface area is 169 Å². The van der Waals surface area contributed by atoms with E-state index in [0.29, 0.717) is 16.3 Å². The van der Waals surface area contributed by atoms with Crippen molar-refractivity contribution in [2.24, 2.45) is 0 Å². The quantitative estimate of drug-likeness (QED) is 0.503. The van der Waals surface area contributed by atoms with Crippen LogP contribution in [0.25, 0.3) is 0 Å². The minimum atomic E-state index is -3.13. The van der Waals surface area contributed by atoms with Gasteiger partial charge in [-0.1, -0.05) is 41.9 Å². The van der Waals surface area contributed by atoms with E-state index in [1.165, 1.54) is 18.2 Å². The van der Waals surface area contributed by atoms with Gasteiger partial charge < -0.3 is 11.1 Å². The molecule has 0 amide bonds. The van der Waals surface area contributed by atoms with Crippen molar-refractivity contribution >= 4 is 45.1 Å². The molecule has 0 atom stereocenters. The predicted octanol–water partition coefficient (Wildman–Crippen LogP) is 5.94. The lowest BCUT2D eigenvalue weighted by molar-refractivity contribution is 0.0176. The molecule has 1 heterocycles. The lowest BCUT2D eigenvalue weighted by Gasteiger charge is -2.14. The third-order valence-corrected chi connectivity index (χ3v) is 5.45. The summed E-state index contributed by atoms with van der Waals surface area (Å²) >= 11 is 6.86. The second-order valence-corrected chi connectivity index (χ2v) is 7.49. The average Bonchev–Trinajstić information content (AvgIpc) is 2.97. The van der Waals surface area contributed by atoms with Crippen LogP contribution < -0.4 is 11.1 Å². The Bertz CT molecular complexity index is 1090. The standard InChI is InChI=1S/C20H14ClF2N3OS/c1-20(22,23)14-9-12(7-8-15(14)21)26-19-13(10-24)16(25)18(28-19)17(27)11-5-3-2-4-6-11/h2-9,26H,25H2,1H3. The van der Waals surface area contributed by atoms with Gasteiger partial charge in [-0.25, -0.2) is 8.78 Å². The Hall–Kier alpha value is -2.95. The molecular formula is C20H14ClF2N3OS. The number of nitrogens with two attached hydrogens (primary N) is 1. The van der Waals surface area contributed by atoms with Gasteiger partial charge in [0, 0.05) is 28.8 Å². The molecule has 2 aromatic carbocycles. The highest BCUT2D eigenvalue weighted by atomic mass is 35.5. The molecule has 0 radical (unpaired) electrons. The maximum atomic E-state index is 13.7. The van der Waals surface area contributed by atoms with Crippen LogP contribution in [0.5, 0.6) is 0 Å². The van der Waals surface area contributed by atoms with Crippen molar-refractivity contribution in [3.63, 3.8) is 0 Å². The number of benzene rings is 2. The summed E-state index contributed by atoms with van der Waals surface area (Å²) in [6.45, 7) is 0.748. The van der Waals surface area contributed by atoms with E-state index in [-0.39, 0.29) is 32.5 Å². The molecule has 3 rings (SSSR count). The number of nitriles is 1. The summed E-state index contributed by atoms with van der Waals surface area (Å²) in [6.07, 6.45) is 0. The maximum absolute atomic E-state index is 13.7. The fourth-order valence-corrected chi connectivity index (χ4v) is 3.94. The molecule has 1 aromatic heterocycles. The van der Waals surface area contributed by atoms with Crippen LogP contribution in [0.15, 0.2) is 48.5 Å². The average molecular weight is 418 g/mol. The van der Waals surface area contributed by atoms with E-state index in [1.54, 1.807) is 30.3 Å². The van der Waals surface area contributed by atoms with Crippen molar-refractivity contribution in [3.8, 4) is 6.07 Å². The number of hydrogen-bond donors (Lipinski definition) is 2. The van der Waals surface area contributed by atoms with Crippen molar-refractivity contribution in [3.05, 3.63) is 75.1 Å². The number of alkyl halides is 2. The molecule has 0 spiro atoms. The van der Waals surface area contributed by atoms with Crippen molar-refractivity contribution < 1.29 is 13.6 Å². The first-order chi connectivity index (χ1) is 13.2. The first kappa shape index (κ1) is 19.8. The fourth-order valence-electron chi connectivity index (χ4n) is 2.60. The summed E-state index contributed by atoms with van der Waals surface area (Å²) in [4.78, 5) is 12.9. The number of rotatable bonds is 5. The molecule has 0 saturated carbocycles. The Morgan fingerprint density at radius 2 is 1.93 bits per heavy atom. The maximum Gasteiger partial charge on any atom is 0.272 e. The number of carbonyl (C=O) groups is 1. The number of anilines is 3. The third-order valence-electron chi connectivity index (χ3n) is 4.00. The topological polar surface area (TPSA) is 78.9 Å². The lowest BCUT2D eigenvalue weighted by Crippen LogP contribution is -2.08. The molecule has 28 heavy (non-hydrogen) atoms. The molecule has 4 nitrogen and oxygen atoms in total. The minimum absolute atomic E-state index is 0.0545. The zero-order chi connectivity index (χ0) is 20.5. The molecule has 3 aromatic rings. The second kappa shape index (κ2) is 7.58. The van der Waals surface area contributed by atoms with Crippen LogP contribution in [0.4, 0.5) is 25.2 Å². The van der Waals surface area contributed by atoms with Crippen LogP contribution in [0.3, 0.4) is 0 Å². The van der Waals surface area contributed by atoms with E-state index in [2.05, 4.69) is 5.32 Å².